The number of amides is 1. The highest BCUT2D eigenvalue weighted by Crippen LogP contribution is 2.15. The van der Waals surface area contributed by atoms with Crippen molar-refractivity contribution < 1.29 is 4.79 Å². The van der Waals surface area contributed by atoms with Crippen LogP contribution in [-0.4, -0.2) is 10.9 Å². The minimum absolute atomic E-state index is 0.0718. The fourth-order valence-corrected chi connectivity index (χ4v) is 1.80. The second-order valence-electron chi connectivity index (χ2n) is 4.39. The Labute approximate surface area is 112 Å². The fourth-order valence-electron chi connectivity index (χ4n) is 1.80. The van der Waals surface area contributed by atoms with Crippen LogP contribution in [0.2, 0.25) is 0 Å². The molecule has 0 fully saturated rings. The number of aryl methyl sites for hydroxylation is 1. The maximum atomic E-state index is 11.0. The Morgan fingerprint density at radius 2 is 1.89 bits per heavy atom. The molecule has 2 aromatic rings. The summed E-state index contributed by atoms with van der Waals surface area (Å²) >= 11 is 0. The highest BCUT2D eigenvalue weighted by Gasteiger charge is 1.99. The summed E-state index contributed by atoms with van der Waals surface area (Å²) in [4.78, 5) is 15.4. The first-order valence-corrected chi connectivity index (χ1v) is 6.17. The molecule has 1 amide bonds. The van der Waals surface area contributed by atoms with Crippen molar-refractivity contribution in [3.05, 3.63) is 53.9 Å². The number of benzene rings is 1. The van der Waals surface area contributed by atoms with Gasteiger partial charge in [0.25, 0.3) is 0 Å². The largest absolute Gasteiger partial charge is 0.379 e. The Bertz CT molecular complexity index is 581. The third-order valence-electron chi connectivity index (χ3n) is 2.60. The lowest BCUT2D eigenvalue weighted by Crippen LogP contribution is -2.06. The zero-order chi connectivity index (χ0) is 13.7. The van der Waals surface area contributed by atoms with Crippen LogP contribution >= 0.6 is 0 Å². The summed E-state index contributed by atoms with van der Waals surface area (Å²) in [5.74, 6) is -0.0718. The lowest BCUT2D eigenvalue weighted by Gasteiger charge is -2.08. The van der Waals surface area contributed by atoms with E-state index in [0.717, 1.165) is 22.8 Å². The number of aromatic nitrogens is 1. The van der Waals surface area contributed by atoms with Gasteiger partial charge in [0.05, 0.1) is 12.2 Å². The third-order valence-corrected chi connectivity index (χ3v) is 2.60. The molecule has 4 nitrogen and oxygen atoms in total. The average Bonchev–Trinajstić information content (AvgIpc) is 2.36. The lowest BCUT2D eigenvalue weighted by atomic mass is 10.2. The number of hydrogen-bond donors (Lipinski definition) is 2. The lowest BCUT2D eigenvalue weighted by molar-refractivity contribution is -0.114. The Balaban J connectivity index is 2.01. The molecule has 0 atom stereocenters. The summed E-state index contributed by atoms with van der Waals surface area (Å²) in [6.45, 7) is 4.13. The van der Waals surface area contributed by atoms with Crippen molar-refractivity contribution in [1.29, 1.82) is 0 Å². The molecule has 19 heavy (non-hydrogen) atoms. The van der Waals surface area contributed by atoms with Gasteiger partial charge in [0.2, 0.25) is 5.91 Å². The molecule has 0 aliphatic rings. The van der Waals surface area contributed by atoms with E-state index in [-0.39, 0.29) is 5.91 Å². The summed E-state index contributed by atoms with van der Waals surface area (Å²) in [6, 6.07) is 13.6. The molecular formula is C15H17N3O. The molecule has 0 spiro atoms. The molecule has 0 bridgehead atoms. The number of rotatable bonds is 4. The number of pyridine rings is 1. The Morgan fingerprint density at radius 1 is 1.16 bits per heavy atom. The summed E-state index contributed by atoms with van der Waals surface area (Å²) in [5, 5.41) is 6.05. The highest BCUT2D eigenvalue weighted by atomic mass is 16.1. The molecule has 0 aliphatic heterocycles. The van der Waals surface area contributed by atoms with Crippen LogP contribution in [0.5, 0.6) is 0 Å². The fraction of sp³-hybridized carbons (Fsp3) is 0.200. The predicted octanol–water partition coefficient (Wildman–Crippen LogP) is 2.96. The molecule has 0 saturated carbocycles. The van der Waals surface area contributed by atoms with Gasteiger partial charge >= 0.3 is 0 Å². The van der Waals surface area contributed by atoms with Gasteiger partial charge in [0, 0.05) is 24.0 Å². The van der Waals surface area contributed by atoms with Crippen molar-refractivity contribution in [2.75, 3.05) is 10.6 Å². The molecule has 1 aromatic carbocycles. The number of nitrogens with zero attached hydrogens (tertiary/aromatic N) is 1. The van der Waals surface area contributed by atoms with Gasteiger partial charge in [-0.05, 0) is 37.3 Å². The van der Waals surface area contributed by atoms with Crippen molar-refractivity contribution in [1.82, 2.24) is 4.98 Å². The van der Waals surface area contributed by atoms with Gasteiger partial charge in [0.15, 0.2) is 0 Å². The van der Waals surface area contributed by atoms with Crippen LogP contribution in [0.3, 0.4) is 0 Å². The van der Waals surface area contributed by atoms with Crippen LogP contribution in [-0.2, 0) is 11.3 Å². The predicted molar refractivity (Wildman–Crippen MR) is 77.0 cm³/mol. The van der Waals surface area contributed by atoms with E-state index in [1.807, 2.05) is 49.4 Å². The molecule has 98 valence electrons. The zero-order valence-electron chi connectivity index (χ0n) is 11.1. The quantitative estimate of drug-likeness (QED) is 0.883. The van der Waals surface area contributed by atoms with Gasteiger partial charge < -0.3 is 10.6 Å². The van der Waals surface area contributed by atoms with Gasteiger partial charge in [-0.3, -0.25) is 9.78 Å². The van der Waals surface area contributed by atoms with E-state index in [0.29, 0.717) is 6.54 Å². The van der Waals surface area contributed by atoms with Gasteiger partial charge in [-0.25, -0.2) is 0 Å². The number of anilines is 2. The van der Waals surface area contributed by atoms with Gasteiger partial charge in [0.1, 0.15) is 0 Å². The first-order valence-electron chi connectivity index (χ1n) is 6.17. The van der Waals surface area contributed by atoms with Crippen LogP contribution in [0.1, 0.15) is 18.3 Å². The first-order chi connectivity index (χ1) is 9.13. The minimum Gasteiger partial charge on any atom is -0.379 e. The number of nitrogens with one attached hydrogen (secondary N) is 2. The number of carbonyl (C=O) groups excluding carboxylic acids is 1. The van der Waals surface area contributed by atoms with Crippen molar-refractivity contribution in [3.63, 3.8) is 0 Å². The number of carbonyl (C=O) groups is 1. The Kier molecular flexibility index (Phi) is 4.13. The molecule has 2 N–H and O–H groups in total. The molecule has 2 rings (SSSR count). The second-order valence-corrected chi connectivity index (χ2v) is 4.39. The molecule has 0 saturated heterocycles. The maximum absolute atomic E-state index is 11.0. The van der Waals surface area contributed by atoms with Crippen LogP contribution in [0.25, 0.3) is 0 Å². The van der Waals surface area contributed by atoms with Crippen LogP contribution in [0, 0.1) is 6.92 Å². The van der Waals surface area contributed by atoms with Gasteiger partial charge in [-0.1, -0.05) is 12.1 Å². The molecule has 1 aromatic heterocycles. The summed E-state index contributed by atoms with van der Waals surface area (Å²) in [5.41, 5.74) is 3.74. The summed E-state index contributed by atoms with van der Waals surface area (Å²) < 4.78 is 0. The average molecular weight is 255 g/mol. The van der Waals surface area contributed by atoms with Crippen LogP contribution in [0.4, 0.5) is 11.4 Å². The Morgan fingerprint density at radius 3 is 2.63 bits per heavy atom. The topological polar surface area (TPSA) is 54.0 Å². The highest BCUT2D eigenvalue weighted by molar-refractivity contribution is 5.89. The van der Waals surface area contributed by atoms with Crippen LogP contribution in [0.15, 0.2) is 42.5 Å². The zero-order valence-corrected chi connectivity index (χ0v) is 11.1. The smallest absolute Gasteiger partial charge is 0.221 e. The SMILES string of the molecule is CC(=O)Nc1cccc(NCc2cccc(C)n2)c1. The molecule has 4 heteroatoms. The monoisotopic (exact) mass is 255 g/mol. The first kappa shape index (κ1) is 13.1. The van der Waals surface area contributed by atoms with E-state index in [1.165, 1.54) is 6.92 Å². The number of hydrogen-bond acceptors (Lipinski definition) is 3. The van der Waals surface area contributed by atoms with E-state index in [9.17, 15) is 4.79 Å². The van der Waals surface area contributed by atoms with Crippen molar-refractivity contribution in [3.8, 4) is 0 Å². The van der Waals surface area contributed by atoms with Crippen molar-refractivity contribution in [2.24, 2.45) is 0 Å². The van der Waals surface area contributed by atoms with E-state index in [4.69, 9.17) is 0 Å². The van der Waals surface area contributed by atoms with E-state index < -0.39 is 0 Å². The molecule has 0 unspecified atom stereocenters. The van der Waals surface area contributed by atoms with Gasteiger partial charge in [-0.15, -0.1) is 0 Å². The molecule has 0 radical (unpaired) electrons. The van der Waals surface area contributed by atoms with E-state index in [1.54, 1.807) is 0 Å². The minimum atomic E-state index is -0.0718. The molecule has 1 heterocycles. The maximum Gasteiger partial charge on any atom is 0.221 e. The van der Waals surface area contributed by atoms with Crippen molar-refractivity contribution >= 4 is 17.3 Å². The summed E-state index contributed by atoms with van der Waals surface area (Å²) in [6.07, 6.45) is 0. The van der Waals surface area contributed by atoms with Gasteiger partial charge in [-0.2, -0.15) is 0 Å². The summed E-state index contributed by atoms with van der Waals surface area (Å²) in [7, 11) is 0. The van der Waals surface area contributed by atoms with Crippen molar-refractivity contribution in [2.45, 2.75) is 20.4 Å². The normalized spacial score (nSPS) is 10.0. The van der Waals surface area contributed by atoms with Crippen LogP contribution < -0.4 is 10.6 Å². The molecule has 0 aliphatic carbocycles. The van der Waals surface area contributed by atoms with E-state index >= 15 is 0 Å². The van der Waals surface area contributed by atoms with E-state index in [2.05, 4.69) is 15.6 Å². The Hall–Kier alpha value is -2.36. The second kappa shape index (κ2) is 6.00. The standard InChI is InChI=1S/C15H17N3O/c1-11-5-3-8-15(17-11)10-16-13-6-4-7-14(9-13)18-12(2)19/h3-9,16H,10H2,1-2H3,(H,18,19). The third kappa shape index (κ3) is 4.10. The molecular weight excluding hydrogens is 238 g/mol.